The molecule has 0 aliphatic heterocycles. The van der Waals surface area contributed by atoms with Gasteiger partial charge in [-0.3, -0.25) is 0 Å². The molecule has 1 unspecified atom stereocenters. The summed E-state index contributed by atoms with van der Waals surface area (Å²) >= 11 is 4.77. The van der Waals surface area contributed by atoms with Gasteiger partial charge in [0, 0.05) is 21.2 Å². The van der Waals surface area contributed by atoms with Crippen LogP contribution in [0, 0.1) is 0 Å². The Morgan fingerprint density at radius 1 is 1.62 bits per heavy atom. The summed E-state index contributed by atoms with van der Waals surface area (Å²) in [5, 5.41) is 4.50. The van der Waals surface area contributed by atoms with Gasteiger partial charge in [-0.15, -0.1) is 11.3 Å². The lowest BCUT2D eigenvalue weighted by Gasteiger charge is -2.13. The molecule has 1 rings (SSSR count). The number of halogens is 3. The second-order valence-electron chi connectivity index (χ2n) is 2.66. The third-order valence-corrected chi connectivity index (χ3v) is 3.44. The van der Waals surface area contributed by atoms with Gasteiger partial charge in [-0.25, -0.2) is 8.78 Å². The second-order valence-corrected chi connectivity index (χ2v) is 4.58. The van der Waals surface area contributed by atoms with Gasteiger partial charge >= 0.3 is 0 Å². The van der Waals surface area contributed by atoms with Gasteiger partial charge in [-0.1, -0.05) is 0 Å². The fourth-order valence-corrected chi connectivity index (χ4v) is 2.51. The van der Waals surface area contributed by atoms with E-state index in [1.54, 1.807) is 7.05 Å². The van der Waals surface area contributed by atoms with E-state index in [0.29, 0.717) is 6.42 Å². The third-order valence-electron chi connectivity index (χ3n) is 1.72. The van der Waals surface area contributed by atoms with Crippen molar-refractivity contribution in [2.24, 2.45) is 0 Å². The van der Waals surface area contributed by atoms with E-state index in [4.69, 9.17) is 0 Å². The Hall–Kier alpha value is -0.0000000000000000833. The van der Waals surface area contributed by atoms with Crippen molar-refractivity contribution in [2.45, 2.75) is 18.9 Å². The highest BCUT2D eigenvalue weighted by Gasteiger charge is 2.18. The molecule has 13 heavy (non-hydrogen) atoms. The molecule has 0 bridgehead atoms. The molecular formula is C8H10BrF2NS. The molecule has 0 aliphatic rings. The number of nitrogens with one attached hydrogen (secondary N) is 1. The molecule has 0 saturated heterocycles. The zero-order chi connectivity index (χ0) is 9.84. The van der Waals surface area contributed by atoms with Gasteiger partial charge in [-0.2, -0.15) is 0 Å². The molecule has 0 saturated carbocycles. The van der Waals surface area contributed by atoms with Crippen LogP contribution in [0.1, 0.15) is 4.88 Å². The maximum Gasteiger partial charge on any atom is 0.254 e. The van der Waals surface area contributed by atoms with Crippen LogP contribution >= 0.6 is 27.3 Å². The van der Waals surface area contributed by atoms with Gasteiger partial charge in [-0.05, 0) is 29.0 Å². The maximum atomic E-state index is 12.3. The average Bonchev–Trinajstić information content (AvgIpc) is 2.46. The lowest BCUT2D eigenvalue weighted by Crippen LogP contribution is -2.34. The third kappa shape index (κ3) is 3.32. The number of rotatable bonds is 4. The van der Waals surface area contributed by atoms with Crippen LogP contribution in [-0.2, 0) is 6.42 Å². The summed E-state index contributed by atoms with van der Waals surface area (Å²) in [6.45, 7) is 0. The van der Waals surface area contributed by atoms with Crippen molar-refractivity contribution in [1.82, 2.24) is 5.32 Å². The predicted molar refractivity (Wildman–Crippen MR) is 54.6 cm³/mol. The molecule has 0 radical (unpaired) electrons. The molecule has 5 heteroatoms. The van der Waals surface area contributed by atoms with Crippen LogP contribution in [0.25, 0.3) is 0 Å². The van der Waals surface area contributed by atoms with E-state index in [0.717, 1.165) is 9.35 Å². The number of hydrogen-bond acceptors (Lipinski definition) is 2. The Morgan fingerprint density at radius 3 is 2.69 bits per heavy atom. The Kier molecular flexibility index (Phi) is 4.28. The van der Waals surface area contributed by atoms with Crippen LogP contribution in [-0.4, -0.2) is 19.5 Å². The fourth-order valence-electron chi connectivity index (χ4n) is 0.995. The van der Waals surface area contributed by atoms with Crippen molar-refractivity contribution in [3.8, 4) is 0 Å². The Balaban J connectivity index is 2.56. The lowest BCUT2D eigenvalue weighted by atomic mass is 10.2. The van der Waals surface area contributed by atoms with Crippen molar-refractivity contribution < 1.29 is 8.78 Å². The van der Waals surface area contributed by atoms with Crippen molar-refractivity contribution in [3.63, 3.8) is 0 Å². The standard InChI is InChI=1S/C8H10BrF2NS/c1-12-7(8(10)11)3-6-2-5(9)4-13-6/h2,4,7-8,12H,3H2,1H3. The first-order chi connectivity index (χ1) is 6.13. The summed E-state index contributed by atoms with van der Waals surface area (Å²) in [7, 11) is 1.56. The van der Waals surface area contributed by atoms with E-state index >= 15 is 0 Å². The Labute approximate surface area is 88.3 Å². The van der Waals surface area contributed by atoms with Gasteiger partial charge in [0.15, 0.2) is 0 Å². The van der Waals surface area contributed by atoms with Gasteiger partial charge < -0.3 is 5.32 Å². The molecule has 0 aliphatic carbocycles. The molecule has 74 valence electrons. The predicted octanol–water partition coefficient (Wildman–Crippen LogP) is 2.91. The zero-order valence-electron chi connectivity index (χ0n) is 7.06. The van der Waals surface area contributed by atoms with Crippen LogP contribution in [0.2, 0.25) is 0 Å². The first kappa shape index (κ1) is 11.1. The van der Waals surface area contributed by atoms with E-state index in [-0.39, 0.29) is 0 Å². The lowest BCUT2D eigenvalue weighted by molar-refractivity contribution is 0.102. The summed E-state index contributed by atoms with van der Waals surface area (Å²) < 4.78 is 25.6. The quantitative estimate of drug-likeness (QED) is 0.887. The van der Waals surface area contributed by atoms with Gasteiger partial charge in [0.25, 0.3) is 6.43 Å². The molecular weight excluding hydrogens is 260 g/mol. The largest absolute Gasteiger partial charge is 0.312 e. The molecule has 0 spiro atoms. The zero-order valence-corrected chi connectivity index (χ0v) is 9.46. The number of thiophene rings is 1. The van der Waals surface area contributed by atoms with E-state index in [2.05, 4.69) is 21.2 Å². The highest BCUT2D eigenvalue weighted by atomic mass is 79.9. The van der Waals surface area contributed by atoms with Crippen LogP contribution in [0.15, 0.2) is 15.9 Å². The molecule has 0 aromatic carbocycles. The normalized spacial score (nSPS) is 13.6. The van der Waals surface area contributed by atoms with Crippen molar-refractivity contribution in [3.05, 3.63) is 20.8 Å². The molecule has 1 nitrogen and oxygen atoms in total. The molecule has 1 N–H and O–H groups in total. The number of likely N-dealkylation sites (N-methyl/N-ethyl adjacent to an activating group) is 1. The van der Waals surface area contributed by atoms with Gasteiger partial charge in [0.05, 0.1) is 6.04 Å². The minimum absolute atomic E-state index is 0.379. The highest BCUT2D eigenvalue weighted by molar-refractivity contribution is 9.10. The smallest absolute Gasteiger partial charge is 0.254 e. The Bertz CT molecular complexity index is 264. The van der Waals surface area contributed by atoms with Crippen LogP contribution in [0.5, 0.6) is 0 Å². The highest BCUT2D eigenvalue weighted by Crippen LogP contribution is 2.22. The molecule has 0 fully saturated rings. The van der Waals surface area contributed by atoms with Crippen LogP contribution < -0.4 is 5.32 Å². The summed E-state index contributed by atoms with van der Waals surface area (Å²) in [6.07, 6.45) is -1.93. The summed E-state index contributed by atoms with van der Waals surface area (Å²) in [6, 6.07) is 1.13. The SMILES string of the molecule is CNC(Cc1cc(Br)cs1)C(F)F. The molecule has 1 heterocycles. The minimum Gasteiger partial charge on any atom is -0.312 e. The van der Waals surface area contributed by atoms with E-state index < -0.39 is 12.5 Å². The summed E-state index contributed by atoms with van der Waals surface area (Å²) in [5.74, 6) is 0. The molecule has 1 aromatic heterocycles. The number of alkyl halides is 2. The van der Waals surface area contributed by atoms with Gasteiger partial charge in [0.2, 0.25) is 0 Å². The maximum absolute atomic E-state index is 12.3. The average molecular weight is 270 g/mol. The Morgan fingerprint density at radius 2 is 2.31 bits per heavy atom. The van der Waals surface area contributed by atoms with E-state index in [1.807, 2.05) is 11.4 Å². The topological polar surface area (TPSA) is 12.0 Å². The number of hydrogen-bond donors (Lipinski definition) is 1. The second kappa shape index (κ2) is 5.02. The molecule has 0 amide bonds. The van der Waals surface area contributed by atoms with Crippen molar-refractivity contribution in [2.75, 3.05) is 7.05 Å². The van der Waals surface area contributed by atoms with E-state index in [9.17, 15) is 8.78 Å². The first-order valence-electron chi connectivity index (χ1n) is 3.82. The van der Waals surface area contributed by atoms with Crippen LogP contribution in [0.3, 0.4) is 0 Å². The molecule has 1 atom stereocenters. The van der Waals surface area contributed by atoms with Gasteiger partial charge in [0.1, 0.15) is 0 Å². The minimum atomic E-state index is -2.31. The molecule has 1 aromatic rings. The fraction of sp³-hybridized carbons (Fsp3) is 0.500. The summed E-state index contributed by atoms with van der Waals surface area (Å²) in [5.41, 5.74) is 0. The van der Waals surface area contributed by atoms with Crippen molar-refractivity contribution in [1.29, 1.82) is 0 Å². The first-order valence-corrected chi connectivity index (χ1v) is 5.49. The van der Waals surface area contributed by atoms with Crippen molar-refractivity contribution >= 4 is 27.3 Å². The summed E-state index contributed by atoms with van der Waals surface area (Å²) in [4.78, 5) is 0.964. The van der Waals surface area contributed by atoms with E-state index in [1.165, 1.54) is 11.3 Å². The van der Waals surface area contributed by atoms with Crippen LogP contribution in [0.4, 0.5) is 8.78 Å². The monoisotopic (exact) mass is 269 g/mol.